The van der Waals surface area contributed by atoms with Crippen molar-refractivity contribution in [2.24, 2.45) is 0 Å². The molecule has 1 amide bonds. The van der Waals surface area contributed by atoms with Gasteiger partial charge in [-0.1, -0.05) is 0 Å². The normalized spacial score (nSPS) is 21.1. The first kappa shape index (κ1) is 14.9. The number of hydrogen-bond donors (Lipinski definition) is 2. The number of pyridine rings is 1. The number of carbonyl (C=O) groups excluding carboxylic acids is 1. The molecule has 2 N–H and O–H groups in total. The van der Waals surface area contributed by atoms with E-state index in [0.29, 0.717) is 5.82 Å². The van der Waals surface area contributed by atoms with Gasteiger partial charge in [-0.2, -0.15) is 13.2 Å². The number of halogens is 3. The third-order valence-electron chi connectivity index (χ3n) is 4.10. The highest BCUT2D eigenvalue weighted by Crippen LogP contribution is 2.37. The van der Waals surface area contributed by atoms with Crippen LogP contribution in [0.25, 0.3) is 0 Å². The maximum Gasteiger partial charge on any atom is 0.408 e. The second-order valence-corrected chi connectivity index (χ2v) is 5.83. The van der Waals surface area contributed by atoms with Crippen molar-refractivity contribution in [2.45, 2.75) is 38.5 Å². The first-order valence-electron chi connectivity index (χ1n) is 7.16. The van der Waals surface area contributed by atoms with Gasteiger partial charge in [0, 0.05) is 19.1 Å². The zero-order chi connectivity index (χ0) is 16.1. The van der Waals surface area contributed by atoms with Crippen LogP contribution in [-0.4, -0.2) is 42.2 Å². The number of nitrogens with one attached hydrogen (secondary N) is 2. The predicted molar refractivity (Wildman–Crippen MR) is 76.2 cm³/mol. The Morgan fingerprint density at radius 2 is 2.27 bits per heavy atom. The van der Waals surface area contributed by atoms with Crippen molar-refractivity contribution in [3.8, 4) is 0 Å². The van der Waals surface area contributed by atoms with Crippen LogP contribution in [0.5, 0.6) is 0 Å². The van der Waals surface area contributed by atoms with Gasteiger partial charge in [0.1, 0.15) is 11.7 Å². The molecule has 1 aromatic rings. The summed E-state index contributed by atoms with van der Waals surface area (Å²) in [4.78, 5) is 18.4. The van der Waals surface area contributed by atoms with Crippen molar-refractivity contribution in [2.75, 3.05) is 23.3 Å². The molecule has 120 valence electrons. The zero-order valence-corrected chi connectivity index (χ0v) is 12.3. The van der Waals surface area contributed by atoms with Crippen molar-refractivity contribution < 1.29 is 18.0 Å². The highest BCUT2D eigenvalue weighted by atomic mass is 19.4. The van der Waals surface area contributed by atoms with E-state index in [9.17, 15) is 18.0 Å². The molecule has 3 heterocycles. The Kier molecular flexibility index (Phi) is 3.41. The minimum Gasteiger partial charge on any atom is -0.366 e. The summed E-state index contributed by atoms with van der Waals surface area (Å²) in [6.45, 7) is 4.56. The monoisotopic (exact) mass is 314 g/mol. The lowest BCUT2D eigenvalue weighted by atomic mass is 10.1. The number of nitrogens with zero attached hydrogens (tertiary/aromatic N) is 2. The van der Waals surface area contributed by atoms with E-state index in [4.69, 9.17) is 0 Å². The van der Waals surface area contributed by atoms with Gasteiger partial charge in [-0.3, -0.25) is 4.79 Å². The highest BCUT2D eigenvalue weighted by Gasteiger charge is 2.38. The van der Waals surface area contributed by atoms with E-state index in [2.05, 4.69) is 15.2 Å². The van der Waals surface area contributed by atoms with Gasteiger partial charge < -0.3 is 15.5 Å². The summed E-state index contributed by atoms with van der Waals surface area (Å²) < 4.78 is 37.6. The molecule has 2 atom stereocenters. The Bertz CT molecular complexity index is 617. The molecule has 0 saturated carbocycles. The third kappa shape index (κ3) is 2.57. The lowest BCUT2D eigenvalue weighted by molar-refractivity contribution is -0.149. The van der Waals surface area contributed by atoms with E-state index >= 15 is 0 Å². The Labute approximate surface area is 125 Å². The zero-order valence-electron chi connectivity index (χ0n) is 12.3. The van der Waals surface area contributed by atoms with Crippen LogP contribution in [0.1, 0.15) is 29.4 Å². The molecule has 2 aliphatic rings. The molecule has 1 saturated heterocycles. The second kappa shape index (κ2) is 5.03. The number of alkyl halides is 3. The molecule has 2 aliphatic heterocycles. The summed E-state index contributed by atoms with van der Waals surface area (Å²) in [5.41, 5.74) is 1.78. The molecule has 1 aromatic heterocycles. The molecule has 8 heteroatoms. The Morgan fingerprint density at radius 1 is 1.55 bits per heavy atom. The number of amides is 1. The van der Waals surface area contributed by atoms with E-state index in [1.165, 1.54) is 6.07 Å². The summed E-state index contributed by atoms with van der Waals surface area (Å²) in [6.07, 6.45) is -3.48. The SMILES string of the molecule is Cc1cc(C(=O)N[C@H](C)C(F)(F)F)nc2c1N1CCC(C1)N2. The molecule has 22 heavy (non-hydrogen) atoms. The summed E-state index contributed by atoms with van der Waals surface area (Å²) in [5, 5.41) is 5.19. The van der Waals surface area contributed by atoms with E-state index in [1.807, 2.05) is 12.2 Å². The molecule has 0 aromatic carbocycles. The predicted octanol–water partition coefficient (Wildman–Crippen LogP) is 2.07. The standard InChI is InChI=1S/C14H17F3N4O/c1-7-5-10(13(22)18-8(2)14(15,16)17)20-12-11(7)21-4-3-9(6-21)19-12/h5,8-9H,3-4,6H2,1-2H3,(H,18,22)(H,19,20)/t8-,9?/m1/s1. The van der Waals surface area contributed by atoms with Crippen molar-refractivity contribution >= 4 is 17.4 Å². The molecule has 2 bridgehead atoms. The maximum absolute atomic E-state index is 12.5. The average Bonchev–Trinajstić information content (AvgIpc) is 2.78. The molecular formula is C14H17F3N4O. The van der Waals surface area contributed by atoms with Crippen LogP contribution >= 0.6 is 0 Å². The van der Waals surface area contributed by atoms with Gasteiger partial charge in [0.2, 0.25) is 0 Å². The van der Waals surface area contributed by atoms with Crippen LogP contribution in [0.4, 0.5) is 24.7 Å². The second-order valence-electron chi connectivity index (χ2n) is 5.83. The van der Waals surface area contributed by atoms with Crippen LogP contribution in [-0.2, 0) is 0 Å². The van der Waals surface area contributed by atoms with Crippen LogP contribution in [0.3, 0.4) is 0 Å². The molecule has 1 unspecified atom stereocenters. The maximum atomic E-state index is 12.5. The quantitative estimate of drug-likeness (QED) is 0.877. The van der Waals surface area contributed by atoms with Gasteiger partial charge in [-0.05, 0) is 31.9 Å². The molecule has 0 aliphatic carbocycles. The van der Waals surface area contributed by atoms with Crippen LogP contribution in [0, 0.1) is 6.92 Å². The fourth-order valence-electron chi connectivity index (χ4n) is 2.91. The molecule has 5 nitrogen and oxygen atoms in total. The summed E-state index contributed by atoms with van der Waals surface area (Å²) in [5.74, 6) is -0.232. The Balaban J connectivity index is 1.86. The van der Waals surface area contributed by atoms with E-state index in [1.54, 1.807) is 0 Å². The van der Waals surface area contributed by atoms with Gasteiger partial charge in [0.25, 0.3) is 5.91 Å². The lowest BCUT2D eigenvalue weighted by Gasteiger charge is -2.29. The molecule has 0 spiro atoms. The minimum absolute atomic E-state index is 0.00218. The van der Waals surface area contributed by atoms with Gasteiger partial charge >= 0.3 is 6.18 Å². The third-order valence-corrected chi connectivity index (χ3v) is 4.10. The van der Waals surface area contributed by atoms with Gasteiger partial charge in [0.15, 0.2) is 5.82 Å². The summed E-state index contributed by atoms with van der Waals surface area (Å²) >= 11 is 0. The van der Waals surface area contributed by atoms with Gasteiger partial charge in [-0.25, -0.2) is 4.98 Å². The number of fused-ring (bicyclic) bond motifs is 4. The number of aryl methyl sites for hydroxylation is 1. The smallest absolute Gasteiger partial charge is 0.366 e. The lowest BCUT2D eigenvalue weighted by Crippen LogP contribution is -2.43. The first-order valence-corrected chi connectivity index (χ1v) is 7.16. The van der Waals surface area contributed by atoms with E-state index in [-0.39, 0.29) is 11.7 Å². The summed E-state index contributed by atoms with van der Waals surface area (Å²) in [7, 11) is 0. The summed E-state index contributed by atoms with van der Waals surface area (Å²) in [6, 6.07) is -0.0877. The van der Waals surface area contributed by atoms with E-state index in [0.717, 1.165) is 37.7 Å². The topological polar surface area (TPSA) is 57.3 Å². The minimum atomic E-state index is -4.47. The van der Waals surface area contributed by atoms with Crippen molar-refractivity contribution in [3.63, 3.8) is 0 Å². The van der Waals surface area contributed by atoms with Gasteiger partial charge in [0.05, 0.1) is 5.69 Å². The molecular weight excluding hydrogens is 297 g/mol. The van der Waals surface area contributed by atoms with Crippen molar-refractivity contribution in [3.05, 3.63) is 17.3 Å². The fraction of sp³-hybridized carbons (Fsp3) is 0.571. The largest absolute Gasteiger partial charge is 0.408 e. The number of carbonyl (C=O) groups is 1. The number of anilines is 2. The van der Waals surface area contributed by atoms with Crippen LogP contribution in [0.2, 0.25) is 0 Å². The van der Waals surface area contributed by atoms with E-state index < -0.39 is 18.1 Å². The number of aromatic nitrogens is 1. The van der Waals surface area contributed by atoms with Crippen LogP contribution < -0.4 is 15.5 Å². The molecule has 3 rings (SSSR count). The fourth-order valence-corrected chi connectivity index (χ4v) is 2.91. The molecule has 0 radical (unpaired) electrons. The highest BCUT2D eigenvalue weighted by molar-refractivity contribution is 5.94. The average molecular weight is 314 g/mol. The Morgan fingerprint density at radius 3 is 2.95 bits per heavy atom. The van der Waals surface area contributed by atoms with Gasteiger partial charge in [-0.15, -0.1) is 0 Å². The van der Waals surface area contributed by atoms with Crippen molar-refractivity contribution in [1.82, 2.24) is 10.3 Å². The van der Waals surface area contributed by atoms with Crippen molar-refractivity contribution in [1.29, 1.82) is 0 Å². The Hall–Kier alpha value is -1.99. The molecule has 1 fully saturated rings. The van der Waals surface area contributed by atoms with Crippen LogP contribution in [0.15, 0.2) is 6.07 Å². The number of rotatable bonds is 2. The first-order chi connectivity index (χ1) is 10.3. The number of hydrogen-bond acceptors (Lipinski definition) is 4.